The average Bonchev–Trinajstić information content (AvgIpc) is 2.40. The van der Waals surface area contributed by atoms with Crippen molar-refractivity contribution in [1.82, 2.24) is 10.2 Å². The monoisotopic (exact) mass is 161 g/mol. The van der Waals surface area contributed by atoms with Crippen LogP contribution in [0.15, 0.2) is 18.3 Å². The van der Waals surface area contributed by atoms with Crippen molar-refractivity contribution in [3.05, 3.63) is 29.6 Å². The van der Waals surface area contributed by atoms with E-state index in [2.05, 4.69) is 10.2 Å². The van der Waals surface area contributed by atoms with Gasteiger partial charge in [-0.2, -0.15) is 5.10 Å². The van der Waals surface area contributed by atoms with Crippen molar-refractivity contribution in [3.8, 4) is 0 Å². The van der Waals surface area contributed by atoms with E-state index in [9.17, 15) is 0 Å². The summed E-state index contributed by atoms with van der Waals surface area (Å²) in [6, 6.07) is 0. The first kappa shape index (κ1) is 7.31. The predicted octanol–water partition coefficient (Wildman–Crippen LogP) is 1.17. The van der Waals surface area contributed by atoms with Gasteiger partial charge in [0.15, 0.2) is 0 Å². The van der Waals surface area contributed by atoms with Gasteiger partial charge in [0.1, 0.15) is 0 Å². The van der Waals surface area contributed by atoms with Gasteiger partial charge in [-0.25, -0.2) is 0 Å². The third-order valence-electron chi connectivity index (χ3n) is 1.93. The van der Waals surface area contributed by atoms with Gasteiger partial charge in [0, 0.05) is 5.56 Å². The number of fused-ring (bicyclic) bond motifs is 1. The van der Waals surface area contributed by atoms with Crippen molar-refractivity contribution in [3.63, 3.8) is 0 Å². The van der Waals surface area contributed by atoms with Crippen molar-refractivity contribution in [1.29, 1.82) is 0 Å². The maximum atomic E-state index is 5.91. The number of rotatable bonds is 0. The van der Waals surface area contributed by atoms with Crippen molar-refractivity contribution in [2.75, 3.05) is 0 Å². The molecule has 0 fully saturated rings. The smallest absolute Gasteiger partial charge is 0.0647 e. The van der Waals surface area contributed by atoms with E-state index < -0.39 is 0 Å². The van der Waals surface area contributed by atoms with Crippen LogP contribution in [0.1, 0.15) is 18.2 Å². The van der Waals surface area contributed by atoms with E-state index in [4.69, 9.17) is 5.73 Å². The van der Waals surface area contributed by atoms with E-state index in [0.717, 1.165) is 11.3 Å². The topological polar surface area (TPSA) is 54.7 Å². The number of H-pyrrole nitrogens is 1. The molecule has 0 saturated carbocycles. The number of aromatic nitrogens is 2. The van der Waals surface area contributed by atoms with Gasteiger partial charge in [0.05, 0.1) is 17.4 Å². The van der Waals surface area contributed by atoms with Gasteiger partial charge in [-0.1, -0.05) is 18.2 Å². The molecular weight excluding hydrogens is 150 g/mol. The fraction of sp³-hybridized carbons (Fsp3) is 0.222. The van der Waals surface area contributed by atoms with E-state index >= 15 is 0 Å². The summed E-state index contributed by atoms with van der Waals surface area (Å²) >= 11 is 0. The molecule has 12 heavy (non-hydrogen) atoms. The van der Waals surface area contributed by atoms with Gasteiger partial charge < -0.3 is 5.73 Å². The Balaban J connectivity index is 2.49. The Kier molecular flexibility index (Phi) is 1.41. The molecule has 3 heteroatoms. The van der Waals surface area contributed by atoms with Crippen LogP contribution < -0.4 is 5.73 Å². The normalized spacial score (nSPS) is 26.8. The second kappa shape index (κ2) is 2.32. The summed E-state index contributed by atoms with van der Waals surface area (Å²) in [5.74, 6) is 0. The molecule has 1 aromatic rings. The minimum absolute atomic E-state index is 0.347. The Bertz CT molecular complexity index is 314. The quantitative estimate of drug-likeness (QED) is 0.600. The molecule has 1 atom stereocenters. The summed E-state index contributed by atoms with van der Waals surface area (Å²) in [4.78, 5) is 0. The van der Waals surface area contributed by atoms with Gasteiger partial charge in [0.2, 0.25) is 0 Å². The van der Waals surface area contributed by atoms with E-state index in [1.165, 1.54) is 0 Å². The highest BCUT2D eigenvalue weighted by molar-refractivity contribution is 5.66. The molecule has 0 radical (unpaired) electrons. The van der Waals surface area contributed by atoms with Crippen LogP contribution in [0.2, 0.25) is 0 Å². The molecule has 1 unspecified atom stereocenters. The first-order valence-electron chi connectivity index (χ1n) is 3.88. The highest BCUT2D eigenvalue weighted by Gasteiger charge is 2.13. The summed E-state index contributed by atoms with van der Waals surface area (Å²) in [5, 5.41) is 6.82. The summed E-state index contributed by atoms with van der Waals surface area (Å²) in [6.07, 6.45) is 9.65. The van der Waals surface area contributed by atoms with E-state index in [1.807, 2.05) is 31.2 Å². The molecule has 1 aliphatic carbocycles. The Morgan fingerprint density at radius 1 is 1.42 bits per heavy atom. The molecule has 62 valence electrons. The standard InChI is InChI=1S/C9H11N3/c1-9(10)4-2-7-6-11-12-8(7)3-5-9/h2-6H,10H2,1H3,(H,11,12). The molecule has 3 nitrogen and oxygen atoms in total. The fourth-order valence-electron chi connectivity index (χ4n) is 1.16. The van der Waals surface area contributed by atoms with Gasteiger partial charge in [0.25, 0.3) is 0 Å². The Hall–Kier alpha value is -1.35. The largest absolute Gasteiger partial charge is 0.319 e. The van der Waals surface area contributed by atoms with Crippen LogP contribution in [-0.2, 0) is 0 Å². The maximum Gasteiger partial charge on any atom is 0.0647 e. The molecule has 0 spiro atoms. The Morgan fingerprint density at radius 3 is 3.00 bits per heavy atom. The maximum absolute atomic E-state index is 5.91. The highest BCUT2D eigenvalue weighted by Crippen LogP contribution is 2.17. The lowest BCUT2D eigenvalue weighted by atomic mass is 10.0. The number of aromatic amines is 1. The molecule has 2 rings (SSSR count). The average molecular weight is 161 g/mol. The number of hydrogen-bond donors (Lipinski definition) is 2. The summed E-state index contributed by atoms with van der Waals surface area (Å²) in [5.41, 5.74) is 7.66. The fourth-order valence-corrected chi connectivity index (χ4v) is 1.16. The number of nitrogens with one attached hydrogen (secondary N) is 1. The molecule has 0 amide bonds. The lowest BCUT2D eigenvalue weighted by Gasteiger charge is -2.12. The Labute approximate surface area is 71.0 Å². The first-order valence-corrected chi connectivity index (χ1v) is 3.88. The summed E-state index contributed by atoms with van der Waals surface area (Å²) in [7, 11) is 0. The minimum Gasteiger partial charge on any atom is -0.319 e. The zero-order valence-corrected chi connectivity index (χ0v) is 6.91. The van der Waals surface area contributed by atoms with Gasteiger partial charge >= 0.3 is 0 Å². The number of hydrogen-bond acceptors (Lipinski definition) is 2. The zero-order valence-electron chi connectivity index (χ0n) is 6.91. The molecular formula is C9H11N3. The van der Waals surface area contributed by atoms with Gasteiger partial charge in [-0.15, -0.1) is 0 Å². The zero-order chi connectivity index (χ0) is 8.60. The van der Waals surface area contributed by atoms with Gasteiger partial charge in [-0.05, 0) is 13.0 Å². The van der Waals surface area contributed by atoms with Crippen LogP contribution in [0.25, 0.3) is 12.2 Å². The van der Waals surface area contributed by atoms with E-state index in [0.29, 0.717) is 0 Å². The van der Waals surface area contributed by atoms with Crippen molar-refractivity contribution in [2.24, 2.45) is 5.73 Å². The van der Waals surface area contributed by atoms with Crippen LogP contribution in [0.4, 0.5) is 0 Å². The highest BCUT2D eigenvalue weighted by atomic mass is 15.1. The second-order valence-corrected chi connectivity index (χ2v) is 3.27. The SMILES string of the molecule is CC1(N)C=Cc2cn[nH]c2C=C1. The Morgan fingerprint density at radius 2 is 2.17 bits per heavy atom. The molecule has 3 N–H and O–H groups in total. The van der Waals surface area contributed by atoms with E-state index in [-0.39, 0.29) is 5.54 Å². The van der Waals surface area contributed by atoms with Crippen LogP contribution in [0, 0.1) is 0 Å². The molecule has 0 saturated heterocycles. The third kappa shape index (κ3) is 1.19. The minimum atomic E-state index is -0.347. The summed E-state index contributed by atoms with van der Waals surface area (Å²) in [6.45, 7) is 1.96. The lowest BCUT2D eigenvalue weighted by molar-refractivity contribution is 0.743. The van der Waals surface area contributed by atoms with Crippen LogP contribution >= 0.6 is 0 Å². The molecule has 1 heterocycles. The molecule has 0 aromatic carbocycles. The molecule has 1 aromatic heterocycles. The molecule has 1 aliphatic rings. The first-order chi connectivity index (χ1) is 5.67. The van der Waals surface area contributed by atoms with Crippen LogP contribution in [0.3, 0.4) is 0 Å². The van der Waals surface area contributed by atoms with Crippen LogP contribution in [0.5, 0.6) is 0 Å². The van der Waals surface area contributed by atoms with E-state index in [1.54, 1.807) is 6.20 Å². The lowest BCUT2D eigenvalue weighted by Crippen LogP contribution is -2.30. The van der Waals surface area contributed by atoms with Gasteiger partial charge in [-0.3, -0.25) is 5.10 Å². The van der Waals surface area contributed by atoms with Crippen molar-refractivity contribution >= 4 is 12.2 Å². The predicted molar refractivity (Wildman–Crippen MR) is 49.2 cm³/mol. The number of nitrogens with zero attached hydrogens (tertiary/aromatic N) is 1. The molecule has 0 bridgehead atoms. The van der Waals surface area contributed by atoms with Crippen molar-refractivity contribution in [2.45, 2.75) is 12.5 Å². The third-order valence-corrected chi connectivity index (χ3v) is 1.93. The second-order valence-electron chi connectivity index (χ2n) is 3.27. The number of nitrogens with two attached hydrogens (primary N) is 1. The van der Waals surface area contributed by atoms with Crippen LogP contribution in [-0.4, -0.2) is 15.7 Å². The molecule has 0 aliphatic heterocycles. The van der Waals surface area contributed by atoms with Crippen molar-refractivity contribution < 1.29 is 0 Å². The summed E-state index contributed by atoms with van der Waals surface area (Å²) < 4.78 is 0.